The van der Waals surface area contributed by atoms with E-state index in [0.29, 0.717) is 30.8 Å². The number of benzene rings is 2. The molecule has 0 amide bonds. The Morgan fingerprint density at radius 3 is 2.53 bits per heavy atom. The van der Waals surface area contributed by atoms with Gasteiger partial charge in [0.2, 0.25) is 0 Å². The molecular formula is C24H20F3N3O2. The van der Waals surface area contributed by atoms with Gasteiger partial charge in [-0.2, -0.15) is 0 Å². The van der Waals surface area contributed by atoms with E-state index in [2.05, 4.69) is 16.8 Å². The SMILES string of the molecule is COc1ccc(C#CCN2CCc3ncn(Cc4cc(F)c(F)c(F)c4)c(=O)c3C2)cc1. The highest BCUT2D eigenvalue weighted by molar-refractivity contribution is 5.38. The van der Waals surface area contributed by atoms with Gasteiger partial charge >= 0.3 is 0 Å². The first-order valence-electron chi connectivity index (χ1n) is 10.0. The number of hydrogen-bond donors (Lipinski definition) is 0. The Bertz CT molecular complexity index is 1240. The summed E-state index contributed by atoms with van der Waals surface area (Å²) >= 11 is 0. The molecule has 3 aromatic rings. The zero-order chi connectivity index (χ0) is 22.7. The van der Waals surface area contributed by atoms with Crippen LogP contribution in [0.15, 0.2) is 47.5 Å². The first-order valence-corrected chi connectivity index (χ1v) is 10.0. The van der Waals surface area contributed by atoms with Gasteiger partial charge in [-0.25, -0.2) is 18.2 Å². The Morgan fingerprint density at radius 1 is 1.12 bits per heavy atom. The van der Waals surface area contributed by atoms with Gasteiger partial charge < -0.3 is 4.74 Å². The molecule has 1 aromatic heterocycles. The lowest BCUT2D eigenvalue weighted by Gasteiger charge is -2.26. The molecule has 32 heavy (non-hydrogen) atoms. The van der Waals surface area contributed by atoms with E-state index in [9.17, 15) is 18.0 Å². The molecule has 1 aliphatic heterocycles. The molecule has 2 aromatic carbocycles. The molecule has 5 nitrogen and oxygen atoms in total. The van der Waals surface area contributed by atoms with Crippen molar-refractivity contribution in [2.24, 2.45) is 0 Å². The molecule has 0 fully saturated rings. The number of aromatic nitrogens is 2. The molecule has 4 rings (SSSR count). The maximum Gasteiger partial charge on any atom is 0.258 e. The highest BCUT2D eigenvalue weighted by Crippen LogP contribution is 2.16. The van der Waals surface area contributed by atoms with E-state index in [0.717, 1.165) is 30.0 Å². The normalized spacial score (nSPS) is 13.2. The van der Waals surface area contributed by atoms with Crippen molar-refractivity contribution in [1.82, 2.24) is 14.5 Å². The molecule has 164 valence electrons. The van der Waals surface area contributed by atoms with E-state index in [1.165, 1.54) is 10.9 Å². The van der Waals surface area contributed by atoms with Gasteiger partial charge in [-0.1, -0.05) is 11.8 Å². The summed E-state index contributed by atoms with van der Waals surface area (Å²) in [5, 5.41) is 0. The van der Waals surface area contributed by atoms with Crippen LogP contribution in [0.3, 0.4) is 0 Å². The van der Waals surface area contributed by atoms with Crippen LogP contribution in [0.1, 0.15) is 22.4 Å². The minimum absolute atomic E-state index is 0.107. The molecule has 0 bridgehead atoms. The van der Waals surface area contributed by atoms with Crippen LogP contribution in [0.25, 0.3) is 0 Å². The highest BCUT2D eigenvalue weighted by atomic mass is 19.2. The Hall–Kier alpha value is -3.57. The number of methoxy groups -OCH3 is 1. The Kier molecular flexibility index (Phi) is 6.28. The summed E-state index contributed by atoms with van der Waals surface area (Å²) < 4.78 is 46.6. The van der Waals surface area contributed by atoms with Gasteiger partial charge in [-0.15, -0.1) is 0 Å². The minimum Gasteiger partial charge on any atom is -0.497 e. The third-order valence-corrected chi connectivity index (χ3v) is 5.29. The van der Waals surface area contributed by atoms with Gasteiger partial charge in [-0.05, 0) is 42.0 Å². The van der Waals surface area contributed by atoms with Crippen LogP contribution < -0.4 is 10.3 Å². The largest absolute Gasteiger partial charge is 0.497 e. The molecule has 0 saturated heterocycles. The standard InChI is InChI=1S/C24H20F3N3O2/c1-32-18-6-4-16(5-7-18)3-2-9-29-10-8-22-19(14-29)24(31)30(15-28-22)13-17-11-20(25)23(27)21(26)12-17/h4-7,11-12,15H,8-10,13-14H2,1H3. The van der Waals surface area contributed by atoms with Gasteiger partial charge in [0.15, 0.2) is 17.5 Å². The Labute approximate surface area is 183 Å². The lowest BCUT2D eigenvalue weighted by Crippen LogP contribution is -2.38. The Balaban J connectivity index is 1.48. The summed E-state index contributed by atoms with van der Waals surface area (Å²) in [5.41, 5.74) is 1.97. The van der Waals surface area contributed by atoms with Gasteiger partial charge in [0, 0.05) is 25.1 Å². The molecular weight excluding hydrogens is 419 g/mol. The number of nitrogens with zero attached hydrogens (tertiary/aromatic N) is 3. The molecule has 1 aliphatic rings. The van der Waals surface area contributed by atoms with E-state index in [1.807, 2.05) is 29.2 Å². The molecule has 8 heteroatoms. The fourth-order valence-electron chi connectivity index (χ4n) is 3.58. The second-order valence-corrected chi connectivity index (χ2v) is 7.47. The average Bonchev–Trinajstić information content (AvgIpc) is 2.80. The molecule has 0 N–H and O–H groups in total. The number of fused-ring (bicyclic) bond motifs is 1. The van der Waals surface area contributed by atoms with Crippen LogP contribution in [-0.4, -0.2) is 34.7 Å². The highest BCUT2D eigenvalue weighted by Gasteiger charge is 2.21. The molecule has 0 radical (unpaired) electrons. The second kappa shape index (κ2) is 9.28. The summed E-state index contributed by atoms with van der Waals surface area (Å²) in [6.45, 7) is 1.47. The van der Waals surface area contributed by atoms with Crippen LogP contribution in [0.5, 0.6) is 5.75 Å². The fraction of sp³-hybridized carbons (Fsp3) is 0.250. The summed E-state index contributed by atoms with van der Waals surface area (Å²) in [6, 6.07) is 9.20. The van der Waals surface area contributed by atoms with Crippen molar-refractivity contribution in [1.29, 1.82) is 0 Å². The number of ether oxygens (including phenoxy) is 1. The summed E-state index contributed by atoms with van der Waals surface area (Å²) in [4.78, 5) is 19.3. The van der Waals surface area contributed by atoms with Crippen molar-refractivity contribution in [3.8, 4) is 17.6 Å². The van der Waals surface area contributed by atoms with Crippen molar-refractivity contribution >= 4 is 0 Å². The van der Waals surface area contributed by atoms with Crippen molar-refractivity contribution in [3.05, 3.63) is 92.9 Å². The summed E-state index contributed by atoms with van der Waals surface area (Å²) in [7, 11) is 1.61. The van der Waals surface area contributed by atoms with Crippen LogP contribution >= 0.6 is 0 Å². The third-order valence-electron chi connectivity index (χ3n) is 5.29. The second-order valence-electron chi connectivity index (χ2n) is 7.47. The quantitative estimate of drug-likeness (QED) is 0.463. The number of hydrogen-bond acceptors (Lipinski definition) is 4. The lowest BCUT2D eigenvalue weighted by atomic mass is 10.1. The topological polar surface area (TPSA) is 47.4 Å². The number of halogens is 3. The third kappa shape index (κ3) is 4.68. The van der Waals surface area contributed by atoms with Crippen molar-refractivity contribution < 1.29 is 17.9 Å². The van der Waals surface area contributed by atoms with Gasteiger partial charge in [0.1, 0.15) is 5.75 Å². The van der Waals surface area contributed by atoms with Gasteiger partial charge in [-0.3, -0.25) is 14.3 Å². The first kappa shape index (κ1) is 21.7. The van der Waals surface area contributed by atoms with Crippen molar-refractivity contribution in [2.45, 2.75) is 19.5 Å². The smallest absolute Gasteiger partial charge is 0.258 e. The van der Waals surface area contributed by atoms with Crippen molar-refractivity contribution in [2.75, 3.05) is 20.2 Å². The minimum atomic E-state index is -1.53. The average molecular weight is 439 g/mol. The first-order chi connectivity index (χ1) is 15.4. The van der Waals surface area contributed by atoms with Crippen LogP contribution in [0.2, 0.25) is 0 Å². The van der Waals surface area contributed by atoms with E-state index in [-0.39, 0.29) is 17.7 Å². The molecule has 0 saturated carbocycles. The van der Waals surface area contributed by atoms with Crippen LogP contribution in [-0.2, 0) is 19.5 Å². The van der Waals surface area contributed by atoms with Crippen LogP contribution in [0.4, 0.5) is 13.2 Å². The molecule has 2 heterocycles. The number of rotatable bonds is 4. The maximum absolute atomic E-state index is 13.5. The Morgan fingerprint density at radius 2 is 1.84 bits per heavy atom. The van der Waals surface area contributed by atoms with Gasteiger partial charge in [0.05, 0.1) is 37.8 Å². The monoisotopic (exact) mass is 439 g/mol. The summed E-state index contributed by atoms with van der Waals surface area (Å²) in [6.07, 6.45) is 1.97. The molecule has 0 atom stereocenters. The van der Waals surface area contributed by atoms with Crippen LogP contribution in [0, 0.1) is 29.3 Å². The molecule has 0 spiro atoms. The van der Waals surface area contributed by atoms with Gasteiger partial charge in [0.25, 0.3) is 5.56 Å². The lowest BCUT2D eigenvalue weighted by molar-refractivity contribution is 0.280. The van der Waals surface area contributed by atoms with E-state index in [1.54, 1.807) is 7.11 Å². The van der Waals surface area contributed by atoms with E-state index < -0.39 is 17.5 Å². The predicted octanol–water partition coefficient (Wildman–Crippen LogP) is 3.13. The summed E-state index contributed by atoms with van der Waals surface area (Å²) in [5.74, 6) is 2.86. The van der Waals surface area contributed by atoms with E-state index >= 15 is 0 Å². The van der Waals surface area contributed by atoms with Crippen molar-refractivity contribution in [3.63, 3.8) is 0 Å². The molecule has 0 unspecified atom stereocenters. The fourth-order valence-corrected chi connectivity index (χ4v) is 3.58. The maximum atomic E-state index is 13.5. The zero-order valence-electron chi connectivity index (χ0n) is 17.4. The van der Waals surface area contributed by atoms with E-state index in [4.69, 9.17) is 4.74 Å². The predicted molar refractivity (Wildman–Crippen MR) is 113 cm³/mol. The molecule has 0 aliphatic carbocycles. The zero-order valence-corrected chi connectivity index (χ0v) is 17.4.